The number of carbonyl (C=O) groups is 2. The Kier molecular flexibility index (Phi) is 8.35. The zero-order chi connectivity index (χ0) is 32.8. The maximum absolute atomic E-state index is 12.7. The molecule has 10 nitrogen and oxygen atoms in total. The minimum atomic E-state index is -0.769. The van der Waals surface area contributed by atoms with Gasteiger partial charge in [0.05, 0.1) is 37.4 Å². The minimum absolute atomic E-state index is 0.0995. The average Bonchev–Trinajstić information content (AvgIpc) is 3.67. The number of hydrogen-bond donors (Lipinski definition) is 1. The predicted octanol–water partition coefficient (Wildman–Crippen LogP) is 5.86. The quantitative estimate of drug-likeness (QED) is 0.311. The van der Waals surface area contributed by atoms with Crippen molar-refractivity contribution in [2.45, 2.75) is 65.3 Å². The van der Waals surface area contributed by atoms with E-state index in [-0.39, 0.29) is 18.1 Å². The molecule has 6 rings (SSSR count). The van der Waals surface area contributed by atoms with E-state index in [0.29, 0.717) is 45.7 Å². The van der Waals surface area contributed by atoms with Gasteiger partial charge in [-0.05, 0) is 87.4 Å². The van der Waals surface area contributed by atoms with Gasteiger partial charge in [0.25, 0.3) is 0 Å². The molecular formula is C36H43N3O7. The summed E-state index contributed by atoms with van der Waals surface area (Å²) >= 11 is 0. The Morgan fingerprint density at radius 1 is 1.11 bits per heavy atom. The minimum Gasteiger partial charge on any atom is -0.496 e. The number of carbonyl (C=O) groups excluding carboxylic acids is 1. The molecule has 3 aromatic rings. The van der Waals surface area contributed by atoms with Crippen LogP contribution in [0.15, 0.2) is 48.5 Å². The second-order valence-electron chi connectivity index (χ2n) is 13.6. The molecule has 244 valence electrons. The van der Waals surface area contributed by atoms with E-state index in [1.54, 1.807) is 19.1 Å². The number of hydrogen-bond acceptors (Lipinski definition) is 8. The van der Waals surface area contributed by atoms with Gasteiger partial charge in [0.2, 0.25) is 0 Å². The fourth-order valence-corrected chi connectivity index (χ4v) is 7.06. The first-order valence-corrected chi connectivity index (χ1v) is 15.8. The molecule has 1 saturated carbocycles. The van der Waals surface area contributed by atoms with Crippen LogP contribution < -0.4 is 14.4 Å². The van der Waals surface area contributed by atoms with E-state index in [9.17, 15) is 14.7 Å². The third kappa shape index (κ3) is 5.86. The SMILES string of the molecule is COC[C@H]1N(c2cccc(-c3cccc(C)c3OCc3cc4c(c(OC)c3)CN(C(=O)OC(C)(C)C)CC4)n2)C[C@@H]2C[C@@]21C(=O)O. The van der Waals surface area contributed by atoms with Gasteiger partial charge in [-0.3, -0.25) is 4.79 Å². The Bertz CT molecular complexity index is 1630. The first-order chi connectivity index (χ1) is 21.9. The van der Waals surface area contributed by atoms with Crippen molar-refractivity contribution in [2.24, 2.45) is 11.3 Å². The van der Waals surface area contributed by atoms with Crippen molar-refractivity contribution in [3.05, 3.63) is 70.8 Å². The molecule has 46 heavy (non-hydrogen) atoms. The molecule has 2 aliphatic heterocycles. The molecule has 1 aromatic heterocycles. The zero-order valence-electron chi connectivity index (χ0n) is 27.5. The standard InChI is InChI=1S/C36H43N3O7/c1-22-9-7-10-26(28-11-8-12-31(37-28)39-18-25-17-36(25,33(40)41)30(39)21-43-5)32(22)45-20-23-15-24-13-14-38(34(42)46-35(2,3)4)19-27(24)29(16-23)44-6/h7-12,15-16,25,30H,13-14,17-21H2,1-6H3,(H,40,41)/t25-,30+,36+/m0/s1. The van der Waals surface area contributed by atoms with Crippen LogP contribution in [-0.2, 0) is 33.8 Å². The van der Waals surface area contributed by atoms with E-state index in [4.69, 9.17) is 23.9 Å². The average molecular weight is 630 g/mol. The van der Waals surface area contributed by atoms with Crippen molar-refractivity contribution < 1.29 is 33.6 Å². The van der Waals surface area contributed by atoms with Crippen LogP contribution in [0.5, 0.6) is 11.5 Å². The molecule has 0 bridgehead atoms. The number of aromatic nitrogens is 1. The van der Waals surface area contributed by atoms with Crippen molar-refractivity contribution >= 4 is 17.9 Å². The molecule has 1 saturated heterocycles. The molecule has 0 spiro atoms. The Hall–Kier alpha value is -4.31. The summed E-state index contributed by atoms with van der Waals surface area (Å²) in [6.07, 6.45) is 1.04. The predicted molar refractivity (Wildman–Crippen MR) is 173 cm³/mol. The second-order valence-corrected chi connectivity index (χ2v) is 13.6. The normalized spacial score (nSPS) is 21.8. The highest BCUT2D eigenvalue weighted by molar-refractivity contribution is 5.82. The molecule has 3 atom stereocenters. The first kappa shape index (κ1) is 31.7. The summed E-state index contributed by atoms with van der Waals surface area (Å²) in [5, 5.41) is 10.0. The summed E-state index contributed by atoms with van der Waals surface area (Å²) in [5.41, 5.74) is 4.35. The van der Waals surface area contributed by atoms with Crippen molar-refractivity contribution in [2.75, 3.05) is 38.8 Å². The number of rotatable bonds is 9. The molecule has 3 aliphatic rings. The van der Waals surface area contributed by atoms with E-state index >= 15 is 0 Å². The van der Waals surface area contributed by atoms with Gasteiger partial charge in [0.1, 0.15) is 29.5 Å². The monoisotopic (exact) mass is 629 g/mol. The van der Waals surface area contributed by atoms with Crippen molar-refractivity contribution in [3.8, 4) is 22.8 Å². The maximum Gasteiger partial charge on any atom is 0.410 e. The number of carboxylic acid groups (broad SMARTS) is 1. The van der Waals surface area contributed by atoms with E-state index in [2.05, 4.69) is 11.0 Å². The number of amides is 1. The van der Waals surface area contributed by atoms with Gasteiger partial charge in [0, 0.05) is 31.3 Å². The number of pyridine rings is 1. The summed E-state index contributed by atoms with van der Waals surface area (Å²) in [5.74, 6) is 1.53. The van der Waals surface area contributed by atoms with Gasteiger partial charge in [-0.15, -0.1) is 0 Å². The van der Waals surface area contributed by atoms with E-state index in [1.807, 2.05) is 70.2 Å². The van der Waals surface area contributed by atoms with E-state index < -0.39 is 17.0 Å². The topological polar surface area (TPSA) is 111 Å². The van der Waals surface area contributed by atoms with Gasteiger partial charge in [-0.2, -0.15) is 0 Å². The Morgan fingerprint density at radius 2 is 1.89 bits per heavy atom. The third-order valence-corrected chi connectivity index (χ3v) is 9.40. The number of aryl methyl sites for hydroxylation is 1. The Morgan fingerprint density at radius 3 is 2.61 bits per heavy atom. The Balaban J connectivity index is 1.23. The van der Waals surface area contributed by atoms with E-state index in [1.165, 1.54) is 0 Å². The number of methoxy groups -OCH3 is 2. The lowest BCUT2D eigenvalue weighted by molar-refractivity contribution is -0.144. The highest BCUT2D eigenvalue weighted by atomic mass is 16.6. The second kappa shape index (κ2) is 12.1. The summed E-state index contributed by atoms with van der Waals surface area (Å²) in [7, 11) is 3.25. The molecule has 1 amide bonds. The Labute approximate surface area is 270 Å². The van der Waals surface area contributed by atoms with Gasteiger partial charge >= 0.3 is 12.1 Å². The van der Waals surface area contributed by atoms with Gasteiger partial charge < -0.3 is 33.9 Å². The van der Waals surface area contributed by atoms with Crippen molar-refractivity contribution in [3.63, 3.8) is 0 Å². The molecule has 0 unspecified atom stereocenters. The lowest BCUT2D eigenvalue weighted by Crippen LogP contribution is -2.43. The number of nitrogens with zero attached hydrogens (tertiary/aromatic N) is 3. The van der Waals surface area contributed by atoms with Crippen LogP contribution in [0.25, 0.3) is 11.3 Å². The number of fused-ring (bicyclic) bond motifs is 2. The molecular weight excluding hydrogens is 586 g/mol. The fraction of sp³-hybridized carbons (Fsp3) is 0.472. The number of ether oxygens (including phenoxy) is 4. The van der Waals surface area contributed by atoms with Crippen LogP contribution in [0.1, 0.15) is 49.4 Å². The first-order valence-electron chi connectivity index (χ1n) is 15.8. The number of benzene rings is 2. The molecule has 2 aromatic carbocycles. The summed E-state index contributed by atoms with van der Waals surface area (Å²) in [6.45, 7) is 9.90. The van der Waals surface area contributed by atoms with Gasteiger partial charge in [-0.1, -0.05) is 24.3 Å². The molecule has 1 N–H and O–H groups in total. The molecule has 1 aliphatic carbocycles. The number of anilines is 1. The number of aliphatic carboxylic acids is 1. The number of para-hydroxylation sites is 1. The number of piperidine rings is 1. The van der Waals surface area contributed by atoms with Gasteiger partial charge in [0.15, 0.2) is 0 Å². The van der Waals surface area contributed by atoms with Gasteiger partial charge in [-0.25, -0.2) is 9.78 Å². The van der Waals surface area contributed by atoms with Crippen LogP contribution in [0.4, 0.5) is 10.6 Å². The van der Waals surface area contributed by atoms with Crippen LogP contribution >= 0.6 is 0 Å². The lowest BCUT2D eigenvalue weighted by Gasteiger charge is -2.32. The van der Waals surface area contributed by atoms with Crippen LogP contribution in [-0.4, -0.2) is 72.6 Å². The highest BCUT2D eigenvalue weighted by Crippen LogP contribution is 2.62. The third-order valence-electron chi connectivity index (χ3n) is 9.40. The van der Waals surface area contributed by atoms with Crippen LogP contribution in [0, 0.1) is 18.3 Å². The lowest BCUT2D eigenvalue weighted by atomic mass is 9.96. The summed E-state index contributed by atoms with van der Waals surface area (Å²) < 4.78 is 23.4. The van der Waals surface area contributed by atoms with Crippen LogP contribution in [0.3, 0.4) is 0 Å². The summed E-state index contributed by atoms with van der Waals surface area (Å²) in [6, 6.07) is 15.7. The fourth-order valence-electron chi connectivity index (χ4n) is 7.06. The van der Waals surface area contributed by atoms with Crippen LogP contribution in [0.2, 0.25) is 0 Å². The van der Waals surface area contributed by atoms with Crippen molar-refractivity contribution in [1.29, 1.82) is 0 Å². The van der Waals surface area contributed by atoms with Crippen molar-refractivity contribution in [1.82, 2.24) is 9.88 Å². The van der Waals surface area contributed by atoms with E-state index in [0.717, 1.165) is 50.8 Å². The highest BCUT2D eigenvalue weighted by Gasteiger charge is 2.71. The molecule has 2 fully saturated rings. The summed E-state index contributed by atoms with van der Waals surface area (Å²) in [4.78, 5) is 33.8. The number of carboxylic acids is 1. The smallest absolute Gasteiger partial charge is 0.410 e. The zero-order valence-corrected chi connectivity index (χ0v) is 27.5. The largest absolute Gasteiger partial charge is 0.496 e. The molecule has 3 heterocycles. The maximum atomic E-state index is 12.7. The molecule has 10 heteroatoms. The molecule has 0 radical (unpaired) electrons.